The molecule has 0 aromatic heterocycles. The average molecular weight is 262 g/mol. The van der Waals surface area contributed by atoms with Crippen molar-refractivity contribution in [3.63, 3.8) is 0 Å². The zero-order chi connectivity index (χ0) is 13.7. The van der Waals surface area contributed by atoms with E-state index in [4.69, 9.17) is 4.74 Å². The molecule has 1 aliphatic rings. The zero-order valence-corrected chi connectivity index (χ0v) is 11.8. The Morgan fingerprint density at radius 2 is 1.89 bits per heavy atom. The minimum absolute atomic E-state index is 0.185. The van der Waals surface area contributed by atoms with Crippen molar-refractivity contribution in [1.29, 1.82) is 0 Å². The predicted octanol–water partition coefficient (Wildman–Crippen LogP) is 1.40. The van der Waals surface area contributed by atoms with Crippen molar-refractivity contribution in [2.45, 2.75) is 13.3 Å². The number of methoxy groups -OCH3 is 1. The van der Waals surface area contributed by atoms with Crippen molar-refractivity contribution in [2.24, 2.45) is 0 Å². The minimum Gasteiger partial charge on any atom is -0.496 e. The Balaban J connectivity index is 1.82. The van der Waals surface area contributed by atoms with E-state index in [2.05, 4.69) is 11.0 Å². The van der Waals surface area contributed by atoms with Crippen LogP contribution in [0.15, 0.2) is 24.3 Å². The van der Waals surface area contributed by atoms with E-state index >= 15 is 0 Å². The van der Waals surface area contributed by atoms with Crippen molar-refractivity contribution in [3.05, 3.63) is 29.8 Å². The summed E-state index contributed by atoms with van der Waals surface area (Å²) >= 11 is 0. The summed E-state index contributed by atoms with van der Waals surface area (Å²) in [5.74, 6) is 1.15. The van der Waals surface area contributed by atoms with Gasteiger partial charge in [-0.25, -0.2) is 0 Å². The average Bonchev–Trinajstić information content (AvgIpc) is 2.45. The molecule has 1 fully saturated rings. The number of carbonyl (C=O) groups is 1. The van der Waals surface area contributed by atoms with Crippen LogP contribution < -0.4 is 4.74 Å². The molecule has 1 heterocycles. The number of hydrogen-bond acceptors (Lipinski definition) is 3. The minimum atomic E-state index is 0.185. The highest BCUT2D eigenvalue weighted by Gasteiger charge is 2.18. The largest absolute Gasteiger partial charge is 0.496 e. The SMILES string of the molecule is COc1ccccc1CCN1CCN(C(C)=O)CC1. The van der Waals surface area contributed by atoms with Gasteiger partial charge in [-0.15, -0.1) is 0 Å². The van der Waals surface area contributed by atoms with Gasteiger partial charge in [0.15, 0.2) is 0 Å². The third-order valence-corrected chi connectivity index (χ3v) is 3.71. The Morgan fingerprint density at radius 3 is 2.53 bits per heavy atom. The number of carbonyl (C=O) groups excluding carboxylic acids is 1. The molecule has 4 nitrogen and oxygen atoms in total. The normalized spacial score (nSPS) is 16.4. The predicted molar refractivity (Wildman–Crippen MR) is 75.4 cm³/mol. The van der Waals surface area contributed by atoms with E-state index in [1.54, 1.807) is 14.0 Å². The molecular weight excluding hydrogens is 240 g/mol. The topological polar surface area (TPSA) is 32.8 Å². The quantitative estimate of drug-likeness (QED) is 0.822. The molecule has 2 rings (SSSR count). The van der Waals surface area contributed by atoms with Crippen LogP contribution in [0.2, 0.25) is 0 Å². The number of rotatable bonds is 4. The van der Waals surface area contributed by atoms with Crippen molar-refractivity contribution < 1.29 is 9.53 Å². The molecule has 0 bridgehead atoms. The number of piperazine rings is 1. The molecule has 0 aliphatic carbocycles. The Morgan fingerprint density at radius 1 is 1.21 bits per heavy atom. The van der Waals surface area contributed by atoms with Crippen molar-refractivity contribution >= 4 is 5.91 Å². The first kappa shape index (κ1) is 13.9. The molecule has 104 valence electrons. The second-order valence-electron chi connectivity index (χ2n) is 4.91. The lowest BCUT2D eigenvalue weighted by molar-refractivity contribution is -0.130. The molecule has 19 heavy (non-hydrogen) atoms. The van der Waals surface area contributed by atoms with E-state index in [1.807, 2.05) is 23.1 Å². The monoisotopic (exact) mass is 262 g/mol. The Labute approximate surface area is 115 Å². The summed E-state index contributed by atoms with van der Waals surface area (Å²) in [5.41, 5.74) is 1.25. The third-order valence-electron chi connectivity index (χ3n) is 3.71. The third kappa shape index (κ3) is 3.70. The highest BCUT2D eigenvalue weighted by Crippen LogP contribution is 2.18. The zero-order valence-electron chi connectivity index (χ0n) is 11.8. The molecule has 1 amide bonds. The lowest BCUT2D eigenvalue weighted by Crippen LogP contribution is -2.48. The fourth-order valence-corrected chi connectivity index (χ4v) is 2.47. The van der Waals surface area contributed by atoms with Gasteiger partial charge < -0.3 is 9.64 Å². The van der Waals surface area contributed by atoms with E-state index in [0.29, 0.717) is 0 Å². The molecule has 1 aliphatic heterocycles. The van der Waals surface area contributed by atoms with Gasteiger partial charge >= 0.3 is 0 Å². The van der Waals surface area contributed by atoms with Gasteiger partial charge in [-0.2, -0.15) is 0 Å². The van der Waals surface area contributed by atoms with E-state index in [-0.39, 0.29) is 5.91 Å². The standard InChI is InChI=1S/C15H22N2O2/c1-13(18)17-11-9-16(10-12-17)8-7-14-5-3-4-6-15(14)19-2/h3-6H,7-12H2,1-2H3. The Kier molecular flexibility index (Phi) is 4.80. The van der Waals surface area contributed by atoms with Crippen LogP contribution in [0, 0.1) is 0 Å². The summed E-state index contributed by atoms with van der Waals surface area (Å²) in [6, 6.07) is 8.16. The number of nitrogens with zero attached hydrogens (tertiary/aromatic N) is 2. The molecule has 0 N–H and O–H groups in total. The van der Waals surface area contributed by atoms with Gasteiger partial charge in [-0.1, -0.05) is 18.2 Å². The first-order chi connectivity index (χ1) is 9.20. The van der Waals surface area contributed by atoms with E-state index in [9.17, 15) is 4.79 Å². The van der Waals surface area contributed by atoms with Gasteiger partial charge in [-0.3, -0.25) is 9.69 Å². The summed E-state index contributed by atoms with van der Waals surface area (Å²) in [4.78, 5) is 15.6. The van der Waals surface area contributed by atoms with Gasteiger partial charge in [-0.05, 0) is 18.1 Å². The number of amides is 1. The van der Waals surface area contributed by atoms with Crippen molar-refractivity contribution in [3.8, 4) is 5.75 Å². The first-order valence-electron chi connectivity index (χ1n) is 6.80. The number of hydrogen-bond donors (Lipinski definition) is 0. The van der Waals surface area contributed by atoms with Gasteiger partial charge in [0.2, 0.25) is 5.91 Å². The fraction of sp³-hybridized carbons (Fsp3) is 0.533. The summed E-state index contributed by atoms with van der Waals surface area (Å²) < 4.78 is 5.36. The van der Waals surface area contributed by atoms with Gasteiger partial charge in [0, 0.05) is 39.6 Å². The summed E-state index contributed by atoms with van der Waals surface area (Å²) in [5, 5.41) is 0. The first-order valence-corrected chi connectivity index (χ1v) is 6.80. The maximum Gasteiger partial charge on any atom is 0.219 e. The molecule has 1 saturated heterocycles. The second-order valence-corrected chi connectivity index (χ2v) is 4.91. The summed E-state index contributed by atoms with van der Waals surface area (Å²) in [7, 11) is 1.71. The van der Waals surface area contributed by atoms with Crippen LogP contribution in [-0.2, 0) is 11.2 Å². The highest BCUT2D eigenvalue weighted by molar-refractivity contribution is 5.73. The maximum atomic E-state index is 11.3. The maximum absolute atomic E-state index is 11.3. The van der Waals surface area contributed by atoms with E-state index < -0.39 is 0 Å². The van der Waals surface area contributed by atoms with Crippen LogP contribution in [-0.4, -0.2) is 55.5 Å². The van der Waals surface area contributed by atoms with Crippen LogP contribution in [0.4, 0.5) is 0 Å². The fourth-order valence-electron chi connectivity index (χ4n) is 2.47. The lowest BCUT2D eigenvalue weighted by atomic mass is 10.1. The molecular formula is C15H22N2O2. The lowest BCUT2D eigenvalue weighted by Gasteiger charge is -2.34. The molecule has 0 atom stereocenters. The summed E-state index contributed by atoms with van der Waals surface area (Å²) in [6.07, 6.45) is 0.990. The van der Waals surface area contributed by atoms with Crippen LogP contribution >= 0.6 is 0 Å². The van der Waals surface area contributed by atoms with Gasteiger partial charge in [0.25, 0.3) is 0 Å². The molecule has 0 radical (unpaired) electrons. The molecule has 0 spiro atoms. The summed E-state index contributed by atoms with van der Waals surface area (Å²) in [6.45, 7) is 6.29. The molecule has 1 aromatic carbocycles. The molecule has 0 saturated carbocycles. The van der Waals surface area contributed by atoms with Crippen molar-refractivity contribution in [1.82, 2.24) is 9.80 Å². The van der Waals surface area contributed by atoms with E-state index in [0.717, 1.165) is 44.9 Å². The Bertz CT molecular complexity index is 426. The van der Waals surface area contributed by atoms with Gasteiger partial charge in [0.05, 0.1) is 7.11 Å². The number of ether oxygens (including phenoxy) is 1. The number of benzene rings is 1. The van der Waals surface area contributed by atoms with Gasteiger partial charge in [0.1, 0.15) is 5.75 Å². The second kappa shape index (κ2) is 6.57. The van der Waals surface area contributed by atoms with Crippen molar-refractivity contribution in [2.75, 3.05) is 39.8 Å². The molecule has 0 unspecified atom stereocenters. The highest BCUT2D eigenvalue weighted by atomic mass is 16.5. The van der Waals surface area contributed by atoms with Crippen LogP contribution in [0.5, 0.6) is 5.75 Å². The van der Waals surface area contributed by atoms with Crippen LogP contribution in [0.3, 0.4) is 0 Å². The van der Waals surface area contributed by atoms with E-state index in [1.165, 1.54) is 5.56 Å². The molecule has 4 heteroatoms. The smallest absolute Gasteiger partial charge is 0.219 e. The Hall–Kier alpha value is -1.55. The number of para-hydroxylation sites is 1. The van der Waals surface area contributed by atoms with Crippen LogP contribution in [0.1, 0.15) is 12.5 Å². The van der Waals surface area contributed by atoms with Crippen LogP contribution in [0.25, 0.3) is 0 Å². The molecule has 1 aromatic rings.